The van der Waals surface area contributed by atoms with Crippen molar-refractivity contribution < 1.29 is 23.5 Å². The van der Waals surface area contributed by atoms with Crippen molar-refractivity contribution in [2.45, 2.75) is 26.0 Å². The quantitative estimate of drug-likeness (QED) is 0.420. The van der Waals surface area contributed by atoms with E-state index in [1.165, 1.54) is 6.20 Å². The van der Waals surface area contributed by atoms with E-state index in [0.29, 0.717) is 29.6 Å². The summed E-state index contributed by atoms with van der Waals surface area (Å²) in [5.41, 5.74) is 7.41. The topological polar surface area (TPSA) is 117 Å². The highest BCUT2D eigenvalue weighted by Crippen LogP contribution is 2.24. The molecule has 0 saturated carbocycles. The second-order valence-corrected chi connectivity index (χ2v) is 7.43. The summed E-state index contributed by atoms with van der Waals surface area (Å²) >= 11 is 0. The lowest BCUT2D eigenvalue weighted by Gasteiger charge is -2.12. The summed E-state index contributed by atoms with van der Waals surface area (Å²) in [6, 6.07) is 11.1. The van der Waals surface area contributed by atoms with Crippen molar-refractivity contribution in [3.63, 3.8) is 0 Å². The number of carbonyl (C=O) groups excluding carboxylic acids is 2. The predicted octanol–water partition coefficient (Wildman–Crippen LogP) is 3.71. The van der Waals surface area contributed by atoms with Crippen LogP contribution < -0.4 is 16.4 Å². The fraction of sp³-hybridized carbons (Fsp3) is 0.208. The smallest absolute Gasteiger partial charge is 0.257 e. The van der Waals surface area contributed by atoms with Crippen LogP contribution in [0.2, 0.25) is 0 Å². The molecule has 0 aliphatic rings. The van der Waals surface area contributed by atoms with Crippen LogP contribution in [-0.2, 0) is 4.79 Å². The van der Waals surface area contributed by atoms with E-state index in [-0.39, 0.29) is 16.9 Å². The Bertz CT molecular complexity index is 1090. The molecule has 1 aromatic heterocycles. The highest BCUT2D eigenvalue weighted by Gasteiger charge is 2.19. The Hall–Kier alpha value is -3.69. The van der Waals surface area contributed by atoms with Crippen molar-refractivity contribution in [3.05, 3.63) is 77.5 Å². The fourth-order valence-corrected chi connectivity index (χ4v) is 2.59. The highest BCUT2D eigenvalue weighted by molar-refractivity contribution is 5.95. The summed E-state index contributed by atoms with van der Waals surface area (Å²) in [5.74, 6) is -2.49. The van der Waals surface area contributed by atoms with Gasteiger partial charge in [0.1, 0.15) is 17.5 Å². The molecule has 1 atom stereocenters. The molecule has 0 aliphatic heterocycles. The van der Waals surface area contributed by atoms with Gasteiger partial charge in [-0.25, -0.2) is 13.8 Å². The number of aromatic nitrogens is 1. The monoisotopic (exact) mass is 456 g/mol. The van der Waals surface area contributed by atoms with Crippen LogP contribution in [0.4, 0.5) is 20.3 Å². The molecule has 0 bridgehead atoms. The third-order valence-corrected chi connectivity index (χ3v) is 4.59. The number of amides is 1. The molecule has 0 fully saturated rings. The number of benzene rings is 2. The number of pyridine rings is 1. The van der Waals surface area contributed by atoms with E-state index in [0.717, 1.165) is 17.7 Å². The van der Waals surface area contributed by atoms with Crippen LogP contribution in [0.15, 0.2) is 54.7 Å². The Labute approximate surface area is 190 Å². The van der Waals surface area contributed by atoms with E-state index in [9.17, 15) is 23.5 Å². The molecule has 1 heterocycles. The molecular weight excluding hydrogens is 430 g/mol. The van der Waals surface area contributed by atoms with Gasteiger partial charge < -0.3 is 21.5 Å². The number of aliphatic hydroxyl groups is 1. The summed E-state index contributed by atoms with van der Waals surface area (Å²) in [6.07, 6.45) is 0.385. The average molecular weight is 456 g/mol. The minimum Gasteiger partial charge on any atom is -0.383 e. The predicted molar refractivity (Wildman–Crippen MR) is 124 cm³/mol. The van der Waals surface area contributed by atoms with Crippen LogP contribution in [0.1, 0.15) is 35.9 Å². The average Bonchev–Trinajstić information content (AvgIpc) is 2.79. The largest absolute Gasteiger partial charge is 0.383 e. The van der Waals surface area contributed by atoms with Crippen molar-refractivity contribution in [1.82, 2.24) is 10.3 Å². The van der Waals surface area contributed by atoms with Crippen LogP contribution in [0.3, 0.4) is 0 Å². The summed E-state index contributed by atoms with van der Waals surface area (Å²) in [5, 5.41) is 15.5. The lowest BCUT2D eigenvalue weighted by Crippen LogP contribution is -2.21. The van der Waals surface area contributed by atoms with Gasteiger partial charge in [-0.15, -0.1) is 0 Å². The van der Waals surface area contributed by atoms with Crippen molar-refractivity contribution in [2.75, 3.05) is 18.1 Å². The molecule has 0 saturated heterocycles. The minimum atomic E-state index is -1.73. The van der Waals surface area contributed by atoms with Gasteiger partial charge in [0.25, 0.3) is 5.91 Å². The zero-order chi connectivity index (χ0) is 24.5. The summed E-state index contributed by atoms with van der Waals surface area (Å²) < 4.78 is 26.5. The second-order valence-electron chi connectivity index (χ2n) is 7.43. The maximum absolute atomic E-state index is 13.2. The summed E-state index contributed by atoms with van der Waals surface area (Å²) in [4.78, 5) is 27.1. The van der Waals surface area contributed by atoms with Gasteiger partial charge in [0, 0.05) is 29.6 Å². The van der Waals surface area contributed by atoms with Gasteiger partial charge in [0.05, 0.1) is 5.56 Å². The molecule has 1 amide bonds. The van der Waals surface area contributed by atoms with Crippen molar-refractivity contribution >= 4 is 23.7 Å². The van der Waals surface area contributed by atoms with Crippen LogP contribution >= 0.6 is 0 Å². The number of aliphatic hydroxyl groups excluding tert-OH is 1. The van der Waals surface area contributed by atoms with E-state index >= 15 is 0 Å². The number of aldehydes is 1. The molecule has 9 heteroatoms. The third-order valence-electron chi connectivity index (χ3n) is 4.59. The third kappa shape index (κ3) is 7.44. The van der Waals surface area contributed by atoms with E-state index in [1.54, 1.807) is 30.3 Å². The maximum atomic E-state index is 13.2. The van der Waals surface area contributed by atoms with Crippen LogP contribution in [-0.4, -0.2) is 35.4 Å². The number of carbonyl (C=O) groups is 2. The number of hydrogen-bond donors (Lipinski definition) is 4. The number of rotatable bonds is 6. The number of halogens is 2. The highest BCUT2D eigenvalue weighted by atomic mass is 19.1. The van der Waals surface area contributed by atoms with Gasteiger partial charge in [0.15, 0.2) is 12.4 Å². The summed E-state index contributed by atoms with van der Waals surface area (Å²) in [6.45, 7) is 4.22. The molecular formula is C24H26F2N4O3. The SMILES string of the molecule is CNC(C)C.Nc1ncc(-c2ccc(NC(=O)C(O)c3cc(F)cc(F)c3)cc2)cc1C=O. The van der Waals surface area contributed by atoms with Gasteiger partial charge in [-0.2, -0.15) is 0 Å². The molecule has 7 nitrogen and oxygen atoms in total. The van der Waals surface area contributed by atoms with Crippen LogP contribution in [0.25, 0.3) is 11.1 Å². The molecule has 3 aromatic rings. The molecule has 0 radical (unpaired) electrons. The minimum absolute atomic E-state index is 0.130. The van der Waals surface area contributed by atoms with Crippen LogP contribution in [0.5, 0.6) is 0 Å². The standard InChI is InChI=1S/C20H15F2N3O3.C4H11N/c21-15-6-12(7-16(22)8-15)18(27)20(28)25-17-3-1-11(2-4-17)13-5-14(10-26)19(23)24-9-13;1-4(2)5-3/h1-10,18,27H,(H2,23,24)(H,25,28);4-5H,1-3H3. The second kappa shape index (κ2) is 11.8. The molecule has 174 valence electrons. The fourth-order valence-electron chi connectivity index (χ4n) is 2.59. The van der Waals surface area contributed by atoms with Gasteiger partial charge in [-0.1, -0.05) is 26.0 Å². The van der Waals surface area contributed by atoms with Crippen molar-refractivity contribution in [3.8, 4) is 11.1 Å². The van der Waals surface area contributed by atoms with E-state index < -0.39 is 23.6 Å². The molecule has 5 N–H and O–H groups in total. The van der Waals surface area contributed by atoms with E-state index in [2.05, 4.69) is 29.5 Å². The Kier molecular flexibility index (Phi) is 9.14. The Morgan fingerprint density at radius 2 is 1.64 bits per heavy atom. The molecule has 0 spiro atoms. The number of nitrogens with zero attached hydrogens (tertiary/aromatic N) is 1. The number of anilines is 2. The Balaban J connectivity index is 0.000000696. The zero-order valence-electron chi connectivity index (χ0n) is 18.5. The maximum Gasteiger partial charge on any atom is 0.257 e. The van der Waals surface area contributed by atoms with Gasteiger partial charge in [-0.05, 0) is 48.5 Å². The molecule has 0 aliphatic carbocycles. The summed E-state index contributed by atoms with van der Waals surface area (Å²) in [7, 11) is 1.95. The Morgan fingerprint density at radius 1 is 1.06 bits per heavy atom. The molecule has 2 aromatic carbocycles. The molecule has 3 rings (SSSR count). The number of nitrogens with one attached hydrogen (secondary N) is 2. The van der Waals surface area contributed by atoms with E-state index in [4.69, 9.17) is 5.73 Å². The molecule has 1 unspecified atom stereocenters. The number of nitrogen functional groups attached to an aromatic ring is 1. The van der Waals surface area contributed by atoms with Gasteiger partial charge in [-0.3, -0.25) is 9.59 Å². The zero-order valence-corrected chi connectivity index (χ0v) is 18.5. The van der Waals surface area contributed by atoms with E-state index in [1.807, 2.05) is 7.05 Å². The van der Waals surface area contributed by atoms with Crippen molar-refractivity contribution in [1.29, 1.82) is 0 Å². The first-order valence-corrected chi connectivity index (χ1v) is 10.1. The Morgan fingerprint density at radius 3 is 2.15 bits per heavy atom. The lowest BCUT2D eigenvalue weighted by molar-refractivity contribution is -0.124. The van der Waals surface area contributed by atoms with Gasteiger partial charge >= 0.3 is 0 Å². The lowest BCUT2D eigenvalue weighted by atomic mass is 10.1. The first-order chi connectivity index (χ1) is 15.6. The number of nitrogens with two attached hydrogens (primary N) is 1. The van der Waals surface area contributed by atoms with Crippen LogP contribution in [0, 0.1) is 11.6 Å². The van der Waals surface area contributed by atoms with Gasteiger partial charge in [0.2, 0.25) is 0 Å². The molecule has 33 heavy (non-hydrogen) atoms. The normalized spacial score (nSPS) is 11.4. The first-order valence-electron chi connectivity index (χ1n) is 10.1. The van der Waals surface area contributed by atoms with Crippen molar-refractivity contribution in [2.24, 2.45) is 0 Å². The number of hydrogen-bond acceptors (Lipinski definition) is 6. The first kappa shape index (κ1) is 25.6.